The molecular weight excluding hydrogens is 424 g/mol. The first-order valence-corrected chi connectivity index (χ1v) is 9.51. The normalized spacial score (nSPS) is 11.3. The van der Waals surface area contributed by atoms with Gasteiger partial charge in [-0.2, -0.15) is 0 Å². The van der Waals surface area contributed by atoms with Crippen molar-refractivity contribution in [1.82, 2.24) is 0 Å². The third-order valence-electron chi connectivity index (χ3n) is 4.56. The third kappa shape index (κ3) is 2.58. The molecule has 0 saturated carbocycles. The molecule has 0 atom stereocenters. The Morgan fingerprint density at radius 2 is 0.792 bits per heavy atom. The van der Waals surface area contributed by atoms with Crippen LogP contribution in [0.2, 0.25) is 0 Å². The van der Waals surface area contributed by atoms with Crippen molar-refractivity contribution in [3.8, 4) is 33.4 Å². The number of aryl methyl sites for hydroxylation is 2. The zero-order valence-corrected chi connectivity index (χ0v) is 16.7. The van der Waals surface area contributed by atoms with Gasteiger partial charge in [0.1, 0.15) is 0 Å². The van der Waals surface area contributed by atoms with Crippen molar-refractivity contribution in [1.29, 1.82) is 0 Å². The summed E-state index contributed by atoms with van der Waals surface area (Å²) in [5, 5.41) is 0. The number of rotatable bonds is 1. The molecule has 0 nitrogen and oxygen atoms in total. The summed E-state index contributed by atoms with van der Waals surface area (Å²) in [5.74, 6) is 0. The highest BCUT2D eigenvalue weighted by molar-refractivity contribution is 9.11. The quantitative estimate of drug-likeness (QED) is 0.285. The topological polar surface area (TPSA) is 0 Å². The van der Waals surface area contributed by atoms with Gasteiger partial charge in [-0.1, -0.05) is 91.5 Å². The van der Waals surface area contributed by atoms with Gasteiger partial charge < -0.3 is 0 Å². The molecule has 0 aromatic rings. The monoisotopic (exact) mass is 438 g/mol. The van der Waals surface area contributed by atoms with E-state index in [1.54, 1.807) is 0 Å². The van der Waals surface area contributed by atoms with Gasteiger partial charge in [0.2, 0.25) is 0 Å². The van der Waals surface area contributed by atoms with Crippen molar-refractivity contribution in [3.63, 3.8) is 0 Å². The van der Waals surface area contributed by atoms with Crippen molar-refractivity contribution in [2.24, 2.45) is 0 Å². The van der Waals surface area contributed by atoms with Crippen molar-refractivity contribution < 1.29 is 0 Å². The Balaban J connectivity index is 2.02. The molecule has 0 N–H and O–H groups in total. The van der Waals surface area contributed by atoms with Gasteiger partial charge in [0.25, 0.3) is 0 Å². The Morgan fingerprint density at radius 1 is 0.458 bits per heavy atom. The highest BCUT2D eigenvalue weighted by atomic mass is 79.9. The van der Waals surface area contributed by atoms with Crippen LogP contribution in [-0.2, 0) is 0 Å². The smallest absolute Gasteiger partial charge is 0.0260 e. The van der Waals surface area contributed by atoms with E-state index < -0.39 is 0 Å². The predicted molar refractivity (Wildman–Crippen MR) is 110 cm³/mol. The number of halogens is 2. The summed E-state index contributed by atoms with van der Waals surface area (Å²) in [4.78, 5) is 0. The minimum atomic E-state index is 1.14. The summed E-state index contributed by atoms with van der Waals surface area (Å²) < 4.78 is 2.29. The van der Waals surface area contributed by atoms with Crippen molar-refractivity contribution in [2.45, 2.75) is 13.8 Å². The minimum absolute atomic E-state index is 1.14. The fourth-order valence-corrected chi connectivity index (χ4v) is 4.38. The maximum Gasteiger partial charge on any atom is 0.0260 e. The van der Waals surface area contributed by atoms with Crippen LogP contribution in [0.4, 0.5) is 0 Å². The zero-order chi connectivity index (χ0) is 16.8. The molecule has 0 aliphatic heterocycles. The second-order valence-corrected chi connectivity index (χ2v) is 8.00. The van der Waals surface area contributed by atoms with E-state index in [1.165, 1.54) is 44.5 Å². The van der Waals surface area contributed by atoms with Gasteiger partial charge in [-0.05, 0) is 59.4 Å². The van der Waals surface area contributed by atoms with Gasteiger partial charge in [0.15, 0.2) is 0 Å². The van der Waals surface area contributed by atoms with Crippen molar-refractivity contribution in [3.05, 3.63) is 80.7 Å². The first kappa shape index (κ1) is 15.9. The number of fused-ring (bicyclic) bond motifs is 2. The molecule has 0 bridgehead atoms. The molecule has 0 amide bonds. The summed E-state index contributed by atoms with van der Waals surface area (Å²) in [6.07, 6.45) is 0. The molecule has 0 radical (unpaired) electrons. The third-order valence-corrected chi connectivity index (χ3v) is 5.87. The van der Waals surface area contributed by atoms with Crippen LogP contribution in [0.25, 0.3) is 33.4 Å². The molecule has 0 unspecified atom stereocenters. The fraction of sp³-hybridized carbons (Fsp3) is 0.0909. The lowest BCUT2D eigenvalue weighted by Crippen LogP contribution is -1.76. The highest BCUT2D eigenvalue weighted by Gasteiger charge is 2.20. The maximum absolute atomic E-state index is 3.74. The molecule has 0 aromatic carbocycles. The average Bonchev–Trinajstić information content (AvgIpc) is 2.83. The van der Waals surface area contributed by atoms with Crippen LogP contribution in [0.5, 0.6) is 0 Å². The molecular formula is C22H16Br2. The van der Waals surface area contributed by atoms with Crippen LogP contribution in [0, 0.1) is 13.8 Å². The Kier molecular flexibility index (Phi) is 3.98. The fourth-order valence-electron chi connectivity index (χ4n) is 3.23. The molecule has 4 aliphatic carbocycles. The Bertz CT molecular complexity index is 918. The summed E-state index contributed by atoms with van der Waals surface area (Å²) in [5.41, 5.74) is 10.1. The number of hydrogen-bond donors (Lipinski definition) is 0. The molecule has 0 saturated heterocycles. The van der Waals surface area contributed by atoms with E-state index in [2.05, 4.69) is 106 Å². The van der Waals surface area contributed by atoms with E-state index in [9.17, 15) is 0 Å². The van der Waals surface area contributed by atoms with Crippen LogP contribution in [-0.4, -0.2) is 0 Å². The van der Waals surface area contributed by atoms with Crippen LogP contribution >= 0.6 is 31.9 Å². The molecule has 0 spiro atoms. The minimum Gasteiger partial charge on any atom is -0.0587 e. The van der Waals surface area contributed by atoms with Crippen molar-refractivity contribution >= 4 is 31.9 Å². The molecule has 4 rings (SSSR count). The van der Waals surface area contributed by atoms with Gasteiger partial charge in [0.05, 0.1) is 0 Å². The Morgan fingerprint density at radius 3 is 1.17 bits per heavy atom. The lowest BCUT2D eigenvalue weighted by atomic mass is 10.0. The van der Waals surface area contributed by atoms with E-state index in [0.717, 1.165) is 8.95 Å². The van der Waals surface area contributed by atoms with Crippen LogP contribution in [0.3, 0.4) is 0 Å². The molecule has 2 heteroatoms. The Hall–Kier alpha value is -1.64. The zero-order valence-electron chi connectivity index (χ0n) is 13.5. The first-order valence-electron chi connectivity index (χ1n) is 7.93. The van der Waals surface area contributed by atoms with Crippen LogP contribution < -0.4 is 0 Å². The van der Waals surface area contributed by atoms with E-state index in [-0.39, 0.29) is 0 Å². The molecule has 0 fully saturated rings. The molecule has 0 aromatic heterocycles. The summed E-state index contributed by atoms with van der Waals surface area (Å²) >= 11 is 7.48. The summed E-state index contributed by atoms with van der Waals surface area (Å²) in [6, 6.07) is 22.0. The van der Waals surface area contributed by atoms with Gasteiger partial charge in [-0.25, -0.2) is 0 Å². The Labute approximate surface area is 159 Å². The average molecular weight is 440 g/mol. The highest BCUT2D eigenvalue weighted by Crippen LogP contribution is 2.48. The molecule has 0 heterocycles. The van der Waals surface area contributed by atoms with Crippen LogP contribution in [0.15, 0.2) is 69.6 Å². The first-order chi connectivity index (χ1) is 11.5. The van der Waals surface area contributed by atoms with E-state index in [4.69, 9.17) is 0 Å². The van der Waals surface area contributed by atoms with Gasteiger partial charge in [-0.15, -0.1) is 0 Å². The maximum atomic E-state index is 3.74. The lowest BCUT2D eigenvalue weighted by Gasteiger charge is -2.03. The van der Waals surface area contributed by atoms with Gasteiger partial charge in [0, 0.05) is 8.95 Å². The van der Waals surface area contributed by atoms with Gasteiger partial charge >= 0.3 is 0 Å². The lowest BCUT2D eigenvalue weighted by molar-refractivity contribution is 1.51. The largest absolute Gasteiger partial charge is 0.0587 e. The van der Waals surface area contributed by atoms with Crippen LogP contribution in [0.1, 0.15) is 11.1 Å². The molecule has 4 aliphatic rings. The van der Waals surface area contributed by atoms with E-state index >= 15 is 0 Å². The molecule has 118 valence electrons. The molecule has 24 heavy (non-hydrogen) atoms. The number of hydrogen-bond acceptors (Lipinski definition) is 0. The SMILES string of the molecule is Cc1ccc2c(Br)cc(-c3cc(Br)c4ccc(C)ccc3-4)c-2cc1. The standard InChI is InChI=1S/C22H16Br2/c1-13-3-7-15-17(9-5-13)21(23)11-19(15)20-12-22(24)18-10-6-14(2)4-8-16(18)20/h3-12H,1-2H3. The van der Waals surface area contributed by atoms with Crippen molar-refractivity contribution in [2.75, 3.05) is 0 Å². The second kappa shape index (κ2) is 6.02. The van der Waals surface area contributed by atoms with E-state index in [0.29, 0.717) is 0 Å². The van der Waals surface area contributed by atoms with E-state index in [1.807, 2.05) is 0 Å². The summed E-state index contributed by atoms with van der Waals surface area (Å²) in [7, 11) is 0. The predicted octanol–water partition coefficient (Wildman–Crippen LogP) is 7.71. The second-order valence-electron chi connectivity index (χ2n) is 6.29. The summed E-state index contributed by atoms with van der Waals surface area (Å²) in [6.45, 7) is 4.26. The van der Waals surface area contributed by atoms with Gasteiger partial charge in [-0.3, -0.25) is 0 Å².